The van der Waals surface area contributed by atoms with Gasteiger partial charge in [0.2, 0.25) is 0 Å². The number of benzene rings is 2. The molecule has 0 unspecified atom stereocenters. The lowest BCUT2D eigenvalue weighted by Gasteiger charge is -2.15. The summed E-state index contributed by atoms with van der Waals surface area (Å²) in [5.41, 5.74) is 2.15. The number of nitrogens with one attached hydrogen (secondary N) is 1. The predicted octanol–water partition coefficient (Wildman–Crippen LogP) is 4.70. The summed E-state index contributed by atoms with van der Waals surface area (Å²) in [5, 5.41) is 7.44. The summed E-state index contributed by atoms with van der Waals surface area (Å²) in [6, 6.07) is 16.5. The first-order valence-corrected chi connectivity index (χ1v) is 7.87. The highest BCUT2D eigenvalue weighted by Crippen LogP contribution is 2.22. The minimum absolute atomic E-state index is 0.00292. The van der Waals surface area contributed by atoms with Crippen LogP contribution in [0.3, 0.4) is 0 Å². The van der Waals surface area contributed by atoms with Crippen LogP contribution in [0.5, 0.6) is 0 Å². The smallest absolute Gasteiger partial charge is 0.262 e. The van der Waals surface area contributed by atoms with Crippen molar-refractivity contribution in [1.82, 2.24) is 5.32 Å². The standard InChI is InChI=1S/C18H17NOS/c1-12-9-10-21-17(12)18(20)19-13(2)15-8-7-14-5-3-4-6-16(14)11-15/h3-11,13H,1-2H3,(H,19,20)/t13-/m0/s1. The molecule has 1 aromatic heterocycles. The van der Waals surface area contributed by atoms with Gasteiger partial charge in [0.25, 0.3) is 5.91 Å². The zero-order valence-electron chi connectivity index (χ0n) is 12.1. The van der Waals surface area contributed by atoms with E-state index in [1.165, 1.54) is 22.1 Å². The number of carbonyl (C=O) groups excluding carboxylic acids is 1. The van der Waals surface area contributed by atoms with Gasteiger partial charge in [-0.05, 0) is 53.3 Å². The number of hydrogen-bond donors (Lipinski definition) is 1. The van der Waals surface area contributed by atoms with Crippen molar-refractivity contribution >= 4 is 28.0 Å². The summed E-state index contributed by atoms with van der Waals surface area (Å²) in [6.07, 6.45) is 0. The second kappa shape index (κ2) is 5.70. The third-order valence-electron chi connectivity index (χ3n) is 3.69. The maximum Gasteiger partial charge on any atom is 0.262 e. The van der Waals surface area contributed by atoms with Crippen molar-refractivity contribution in [3.05, 3.63) is 69.9 Å². The third kappa shape index (κ3) is 2.83. The molecule has 106 valence electrons. The molecule has 0 aliphatic heterocycles. The highest BCUT2D eigenvalue weighted by molar-refractivity contribution is 7.12. The summed E-state index contributed by atoms with van der Waals surface area (Å²) in [6.45, 7) is 3.98. The molecule has 0 radical (unpaired) electrons. The van der Waals surface area contributed by atoms with E-state index in [4.69, 9.17) is 0 Å². The number of fused-ring (bicyclic) bond motifs is 1. The lowest BCUT2D eigenvalue weighted by molar-refractivity contribution is 0.0943. The van der Waals surface area contributed by atoms with Crippen LogP contribution in [-0.4, -0.2) is 5.91 Å². The van der Waals surface area contributed by atoms with E-state index in [1.807, 2.05) is 37.4 Å². The molecule has 1 heterocycles. The van der Waals surface area contributed by atoms with E-state index < -0.39 is 0 Å². The molecule has 1 N–H and O–H groups in total. The van der Waals surface area contributed by atoms with Crippen LogP contribution in [0.1, 0.15) is 33.8 Å². The van der Waals surface area contributed by atoms with Gasteiger partial charge < -0.3 is 5.32 Å². The highest BCUT2D eigenvalue weighted by atomic mass is 32.1. The van der Waals surface area contributed by atoms with Gasteiger partial charge in [-0.15, -0.1) is 11.3 Å². The number of hydrogen-bond acceptors (Lipinski definition) is 2. The quantitative estimate of drug-likeness (QED) is 0.745. The Bertz CT molecular complexity index is 791. The highest BCUT2D eigenvalue weighted by Gasteiger charge is 2.14. The Morgan fingerprint density at radius 3 is 2.57 bits per heavy atom. The van der Waals surface area contributed by atoms with Crippen molar-refractivity contribution in [3.63, 3.8) is 0 Å². The van der Waals surface area contributed by atoms with Gasteiger partial charge in [0.15, 0.2) is 0 Å². The van der Waals surface area contributed by atoms with Gasteiger partial charge in [-0.3, -0.25) is 4.79 Å². The Kier molecular flexibility index (Phi) is 3.76. The minimum atomic E-state index is -0.0105. The molecule has 3 heteroatoms. The molecule has 0 aliphatic rings. The molecule has 21 heavy (non-hydrogen) atoms. The van der Waals surface area contributed by atoms with Crippen molar-refractivity contribution in [3.8, 4) is 0 Å². The molecule has 0 spiro atoms. The van der Waals surface area contributed by atoms with Crippen LogP contribution in [0.4, 0.5) is 0 Å². The van der Waals surface area contributed by atoms with Crippen LogP contribution in [-0.2, 0) is 0 Å². The fraction of sp³-hybridized carbons (Fsp3) is 0.167. The number of carbonyl (C=O) groups is 1. The average Bonchev–Trinajstić information content (AvgIpc) is 2.93. The molecular formula is C18H17NOS. The molecule has 2 aromatic carbocycles. The Labute approximate surface area is 128 Å². The Balaban J connectivity index is 1.82. The molecule has 0 saturated carbocycles. The first-order valence-electron chi connectivity index (χ1n) is 6.99. The van der Waals surface area contributed by atoms with Crippen molar-refractivity contribution < 1.29 is 4.79 Å². The lowest BCUT2D eigenvalue weighted by atomic mass is 10.0. The molecule has 0 saturated heterocycles. The zero-order chi connectivity index (χ0) is 14.8. The molecule has 3 aromatic rings. The molecule has 3 rings (SSSR count). The van der Waals surface area contributed by atoms with E-state index >= 15 is 0 Å². The monoisotopic (exact) mass is 295 g/mol. The average molecular weight is 295 g/mol. The number of rotatable bonds is 3. The first kappa shape index (κ1) is 13.8. The summed E-state index contributed by atoms with van der Waals surface area (Å²) in [4.78, 5) is 13.1. The second-order valence-corrected chi connectivity index (χ2v) is 6.15. The third-order valence-corrected chi connectivity index (χ3v) is 4.70. The van der Waals surface area contributed by atoms with Crippen molar-refractivity contribution in [2.45, 2.75) is 19.9 Å². The van der Waals surface area contributed by atoms with Crippen LogP contribution in [0.15, 0.2) is 53.9 Å². The van der Waals surface area contributed by atoms with Gasteiger partial charge in [0.05, 0.1) is 10.9 Å². The maximum absolute atomic E-state index is 12.3. The van der Waals surface area contributed by atoms with Crippen molar-refractivity contribution in [2.75, 3.05) is 0 Å². The SMILES string of the molecule is Cc1ccsc1C(=O)N[C@@H](C)c1ccc2ccccc2c1. The Morgan fingerprint density at radius 1 is 1.10 bits per heavy atom. The molecule has 0 bridgehead atoms. The zero-order valence-corrected chi connectivity index (χ0v) is 12.9. The second-order valence-electron chi connectivity index (χ2n) is 5.23. The van der Waals surface area contributed by atoms with Crippen LogP contribution in [0.25, 0.3) is 10.8 Å². The van der Waals surface area contributed by atoms with Gasteiger partial charge in [-0.25, -0.2) is 0 Å². The largest absolute Gasteiger partial charge is 0.345 e. The van der Waals surface area contributed by atoms with Crippen molar-refractivity contribution in [2.24, 2.45) is 0 Å². The molecule has 1 amide bonds. The van der Waals surface area contributed by atoms with Gasteiger partial charge in [0, 0.05) is 0 Å². The predicted molar refractivity (Wildman–Crippen MR) is 88.9 cm³/mol. The van der Waals surface area contributed by atoms with E-state index in [0.29, 0.717) is 0 Å². The van der Waals surface area contributed by atoms with Crippen LogP contribution in [0.2, 0.25) is 0 Å². The molecule has 0 fully saturated rings. The van der Waals surface area contributed by atoms with E-state index in [1.54, 1.807) is 0 Å². The van der Waals surface area contributed by atoms with Gasteiger partial charge >= 0.3 is 0 Å². The summed E-state index contributed by atoms with van der Waals surface area (Å²) in [5.74, 6) is 0.00292. The van der Waals surface area contributed by atoms with Gasteiger partial charge in [0.1, 0.15) is 0 Å². The normalized spacial score (nSPS) is 12.3. The molecular weight excluding hydrogens is 278 g/mol. The molecule has 0 aliphatic carbocycles. The van der Waals surface area contributed by atoms with E-state index in [-0.39, 0.29) is 11.9 Å². The fourth-order valence-corrected chi connectivity index (χ4v) is 3.26. The van der Waals surface area contributed by atoms with Crippen molar-refractivity contribution in [1.29, 1.82) is 0 Å². The Morgan fingerprint density at radius 2 is 1.86 bits per heavy atom. The topological polar surface area (TPSA) is 29.1 Å². The first-order chi connectivity index (χ1) is 10.1. The number of thiophene rings is 1. The summed E-state index contributed by atoms with van der Waals surface area (Å²) >= 11 is 1.49. The minimum Gasteiger partial charge on any atom is -0.345 e. The number of aryl methyl sites for hydroxylation is 1. The van der Waals surface area contributed by atoms with Crippen LogP contribution in [0, 0.1) is 6.92 Å². The summed E-state index contributed by atoms with van der Waals surface area (Å²) < 4.78 is 0. The number of amides is 1. The van der Waals surface area contributed by atoms with E-state index in [2.05, 4.69) is 35.6 Å². The van der Waals surface area contributed by atoms with E-state index in [9.17, 15) is 4.79 Å². The van der Waals surface area contributed by atoms with Crippen LogP contribution >= 0.6 is 11.3 Å². The lowest BCUT2D eigenvalue weighted by Crippen LogP contribution is -2.26. The maximum atomic E-state index is 12.3. The van der Waals surface area contributed by atoms with Crippen LogP contribution < -0.4 is 5.32 Å². The molecule has 1 atom stereocenters. The molecule has 2 nitrogen and oxygen atoms in total. The fourth-order valence-electron chi connectivity index (χ4n) is 2.43. The van der Waals surface area contributed by atoms with E-state index in [0.717, 1.165) is 16.0 Å². The Hall–Kier alpha value is -2.13. The van der Waals surface area contributed by atoms with Gasteiger partial charge in [-0.2, -0.15) is 0 Å². The van der Waals surface area contributed by atoms with Gasteiger partial charge in [-0.1, -0.05) is 36.4 Å². The summed E-state index contributed by atoms with van der Waals surface area (Å²) in [7, 11) is 0.